The first-order chi connectivity index (χ1) is 5.70. The fourth-order valence-corrected chi connectivity index (χ4v) is 1.15. The van der Waals surface area contributed by atoms with Crippen molar-refractivity contribution in [1.82, 2.24) is 0 Å². The highest BCUT2D eigenvalue weighted by atomic mass is 32.2. The van der Waals surface area contributed by atoms with Crippen molar-refractivity contribution in [1.29, 1.82) is 0 Å². The molecule has 0 fully saturated rings. The lowest BCUT2D eigenvalue weighted by atomic mass is 10.4. The third-order valence-corrected chi connectivity index (χ3v) is 2.08. The summed E-state index contributed by atoms with van der Waals surface area (Å²) in [5.41, 5.74) is 0. The van der Waals surface area contributed by atoms with Crippen molar-refractivity contribution in [2.45, 2.75) is 4.90 Å². The van der Waals surface area contributed by atoms with E-state index in [4.69, 9.17) is 0 Å². The molecular formula is C9H9FOS. The maximum absolute atomic E-state index is 12.3. The molecule has 1 atom stereocenters. The number of hydrogen-bond donors (Lipinski definition) is 0. The van der Waals surface area contributed by atoms with Crippen LogP contribution in [0.2, 0.25) is 0 Å². The smallest absolute Gasteiger partial charge is 0.123 e. The first-order valence-electron chi connectivity index (χ1n) is 3.12. The monoisotopic (exact) mass is 184 g/mol. The molecule has 1 unspecified atom stereocenters. The molecule has 0 spiro atoms. The first kappa shape index (κ1) is 10.9. The van der Waals surface area contributed by atoms with Crippen LogP contribution in [0.3, 0.4) is 0 Å². The maximum atomic E-state index is 12.3. The fraction of sp³-hybridized carbons (Fsp3) is 0.111. The summed E-state index contributed by atoms with van der Waals surface area (Å²) in [5, 5.41) is 0. The molecule has 0 aliphatic carbocycles. The Kier molecular flexibility index (Phi) is 4.98. The molecule has 12 heavy (non-hydrogen) atoms. The summed E-state index contributed by atoms with van der Waals surface area (Å²) in [5.74, 6) is -0.297. The average Bonchev–Trinajstić information content (AvgIpc) is 2.09. The van der Waals surface area contributed by atoms with Gasteiger partial charge in [0, 0.05) is 22.0 Å². The van der Waals surface area contributed by atoms with E-state index in [1.54, 1.807) is 6.26 Å². The molecule has 0 amide bonds. The Labute approximate surface area is 74.1 Å². The summed E-state index contributed by atoms with van der Waals surface area (Å²) >= 11 is 0. The van der Waals surface area contributed by atoms with Crippen LogP contribution in [0.5, 0.6) is 0 Å². The van der Waals surface area contributed by atoms with Crippen molar-refractivity contribution in [3.05, 3.63) is 30.1 Å². The van der Waals surface area contributed by atoms with Gasteiger partial charge in [-0.1, -0.05) is 0 Å². The summed E-state index contributed by atoms with van der Waals surface area (Å²) < 4.78 is 23.0. The van der Waals surface area contributed by atoms with E-state index in [9.17, 15) is 8.60 Å². The van der Waals surface area contributed by atoms with Crippen molar-refractivity contribution >= 4 is 10.8 Å². The molecule has 1 nitrogen and oxygen atoms in total. The molecule has 0 aliphatic heterocycles. The van der Waals surface area contributed by atoms with Gasteiger partial charge < -0.3 is 0 Å². The zero-order valence-corrected chi connectivity index (χ0v) is 7.48. The average molecular weight is 184 g/mol. The second-order valence-electron chi connectivity index (χ2n) is 1.91. The predicted molar refractivity (Wildman–Crippen MR) is 48.6 cm³/mol. The Balaban J connectivity index is 0.000000561. The van der Waals surface area contributed by atoms with Gasteiger partial charge in [-0.15, -0.1) is 12.8 Å². The van der Waals surface area contributed by atoms with Crippen LogP contribution in [0.1, 0.15) is 0 Å². The molecule has 1 aromatic rings. The molecule has 0 heterocycles. The molecule has 3 heteroatoms. The largest absolute Gasteiger partial charge is 0.255 e. The lowest BCUT2D eigenvalue weighted by Gasteiger charge is -1.92. The van der Waals surface area contributed by atoms with Crippen LogP contribution in [0.25, 0.3) is 0 Å². The van der Waals surface area contributed by atoms with Gasteiger partial charge in [0.25, 0.3) is 0 Å². The van der Waals surface area contributed by atoms with E-state index in [1.807, 2.05) is 0 Å². The normalized spacial score (nSPS) is 11.0. The van der Waals surface area contributed by atoms with Crippen LogP contribution < -0.4 is 0 Å². The van der Waals surface area contributed by atoms with Crippen molar-refractivity contribution in [2.75, 3.05) is 6.26 Å². The molecule has 64 valence electrons. The summed E-state index contributed by atoms with van der Waals surface area (Å²) in [7, 11) is -1.00. The number of halogens is 1. The fourth-order valence-electron chi connectivity index (χ4n) is 0.626. The third kappa shape index (κ3) is 3.31. The molecule has 1 aromatic carbocycles. The summed E-state index contributed by atoms with van der Waals surface area (Å²) in [4.78, 5) is 0.654. The second kappa shape index (κ2) is 5.50. The predicted octanol–water partition coefficient (Wildman–Crippen LogP) is 1.81. The summed E-state index contributed by atoms with van der Waals surface area (Å²) in [6.07, 6.45) is 9.56. The maximum Gasteiger partial charge on any atom is 0.123 e. The van der Waals surface area contributed by atoms with E-state index >= 15 is 0 Å². The lowest BCUT2D eigenvalue weighted by molar-refractivity contribution is 0.626. The van der Waals surface area contributed by atoms with Crippen LogP contribution in [-0.4, -0.2) is 10.5 Å². The Morgan fingerprint density at radius 1 is 1.25 bits per heavy atom. The van der Waals surface area contributed by atoms with Crippen LogP contribution in [-0.2, 0) is 10.8 Å². The SMILES string of the molecule is C#C.CS(=O)c1ccc(F)cc1. The lowest BCUT2D eigenvalue weighted by Crippen LogP contribution is -1.85. The van der Waals surface area contributed by atoms with Crippen LogP contribution in [0.4, 0.5) is 4.39 Å². The molecular weight excluding hydrogens is 175 g/mol. The van der Waals surface area contributed by atoms with Gasteiger partial charge in [0.15, 0.2) is 0 Å². The van der Waals surface area contributed by atoms with Gasteiger partial charge in [-0.05, 0) is 24.3 Å². The Morgan fingerprint density at radius 3 is 2.00 bits per heavy atom. The number of benzene rings is 1. The van der Waals surface area contributed by atoms with Crippen molar-refractivity contribution < 1.29 is 8.60 Å². The quantitative estimate of drug-likeness (QED) is 0.608. The highest BCUT2D eigenvalue weighted by Gasteiger charge is 1.95. The molecule has 0 aliphatic rings. The Hall–Kier alpha value is -1.14. The van der Waals surface area contributed by atoms with Gasteiger partial charge in [-0.3, -0.25) is 4.21 Å². The second-order valence-corrected chi connectivity index (χ2v) is 3.29. The molecule has 0 saturated heterocycles. The highest BCUT2D eigenvalue weighted by Crippen LogP contribution is 2.05. The summed E-state index contributed by atoms with van der Waals surface area (Å²) in [6.45, 7) is 0. The van der Waals surface area contributed by atoms with E-state index in [0.29, 0.717) is 4.90 Å². The van der Waals surface area contributed by atoms with E-state index in [1.165, 1.54) is 24.3 Å². The molecule has 0 radical (unpaired) electrons. The molecule has 0 aromatic heterocycles. The minimum absolute atomic E-state index is 0.297. The van der Waals surface area contributed by atoms with Gasteiger partial charge in [0.1, 0.15) is 5.82 Å². The zero-order valence-electron chi connectivity index (χ0n) is 6.66. The highest BCUT2D eigenvalue weighted by molar-refractivity contribution is 7.84. The van der Waals surface area contributed by atoms with Crippen molar-refractivity contribution in [3.63, 3.8) is 0 Å². The Bertz CT molecular complexity index is 276. The van der Waals surface area contributed by atoms with Gasteiger partial charge in [0.2, 0.25) is 0 Å². The molecule has 0 N–H and O–H groups in total. The summed E-state index contributed by atoms with van der Waals surface area (Å²) in [6, 6.07) is 5.64. The standard InChI is InChI=1S/C7H7FOS.C2H2/c1-10(9)7-4-2-6(8)3-5-7;1-2/h2-5H,1H3;1-2H. The van der Waals surface area contributed by atoms with Crippen molar-refractivity contribution in [2.24, 2.45) is 0 Å². The first-order valence-corrected chi connectivity index (χ1v) is 4.68. The van der Waals surface area contributed by atoms with Crippen LogP contribution in [0, 0.1) is 18.7 Å². The van der Waals surface area contributed by atoms with Crippen LogP contribution in [0.15, 0.2) is 29.2 Å². The number of terminal acetylenes is 1. The third-order valence-electron chi connectivity index (χ3n) is 1.15. The number of rotatable bonds is 1. The topological polar surface area (TPSA) is 17.1 Å². The molecule has 0 saturated carbocycles. The minimum Gasteiger partial charge on any atom is -0.255 e. The van der Waals surface area contributed by atoms with Gasteiger partial charge in [-0.25, -0.2) is 4.39 Å². The minimum atomic E-state index is -1.00. The van der Waals surface area contributed by atoms with E-state index in [-0.39, 0.29) is 5.82 Å². The molecule has 1 rings (SSSR count). The zero-order chi connectivity index (χ0) is 9.56. The Morgan fingerprint density at radius 2 is 1.67 bits per heavy atom. The van der Waals surface area contributed by atoms with Crippen LogP contribution >= 0.6 is 0 Å². The van der Waals surface area contributed by atoms with Crippen molar-refractivity contribution in [3.8, 4) is 12.8 Å². The van der Waals surface area contributed by atoms with E-state index in [2.05, 4.69) is 12.8 Å². The van der Waals surface area contributed by atoms with E-state index in [0.717, 1.165) is 0 Å². The van der Waals surface area contributed by atoms with E-state index < -0.39 is 10.8 Å². The van der Waals surface area contributed by atoms with Gasteiger partial charge in [-0.2, -0.15) is 0 Å². The number of hydrogen-bond acceptors (Lipinski definition) is 1. The van der Waals surface area contributed by atoms with Gasteiger partial charge in [0.05, 0.1) is 0 Å². The molecule has 0 bridgehead atoms. The van der Waals surface area contributed by atoms with Gasteiger partial charge >= 0.3 is 0 Å².